The minimum atomic E-state index is -1.64. The number of aromatic hydroxyl groups is 1. The van der Waals surface area contributed by atoms with E-state index in [0.717, 1.165) is 0 Å². The van der Waals surface area contributed by atoms with E-state index in [1.54, 1.807) is 0 Å². The molecule has 0 spiro atoms. The molecule has 1 aliphatic heterocycles. The summed E-state index contributed by atoms with van der Waals surface area (Å²) in [7, 11) is 0. The molecular formula is C32H49N7O11. The third-order valence-electron chi connectivity index (χ3n) is 7.94. The van der Waals surface area contributed by atoms with Crippen LogP contribution >= 0.6 is 0 Å². The number of hydrogen-bond donors (Lipinski definition) is 10. The van der Waals surface area contributed by atoms with E-state index >= 15 is 0 Å². The van der Waals surface area contributed by atoms with Crippen molar-refractivity contribution in [3.8, 4) is 5.75 Å². The normalized spacial score (nSPS) is 17.8. The number of nitrogens with zero attached hydrogens (tertiary/aromatic N) is 1. The lowest BCUT2D eigenvalue weighted by molar-refractivity contribution is -0.144. The number of rotatable bonds is 18. The van der Waals surface area contributed by atoms with Gasteiger partial charge in [-0.05, 0) is 56.7 Å². The van der Waals surface area contributed by atoms with Gasteiger partial charge >= 0.3 is 5.97 Å². The van der Waals surface area contributed by atoms with E-state index in [1.807, 2.05) is 13.8 Å². The summed E-state index contributed by atoms with van der Waals surface area (Å²) in [6.45, 7) is 4.85. The predicted octanol–water partition coefficient (Wildman–Crippen LogP) is -3.17. The molecule has 18 heteroatoms. The van der Waals surface area contributed by atoms with Crippen LogP contribution in [0.25, 0.3) is 0 Å². The molecule has 0 aromatic heterocycles. The molecule has 1 aromatic rings. The van der Waals surface area contributed by atoms with Crippen molar-refractivity contribution in [1.82, 2.24) is 31.5 Å². The van der Waals surface area contributed by atoms with Gasteiger partial charge in [0.25, 0.3) is 0 Å². The Morgan fingerprint density at radius 3 is 1.86 bits per heavy atom. The second kappa shape index (κ2) is 19.4. The Balaban J connectivity index is 2.14. The third kappa shape index (κ3) is 12.3. The highest BCUT2D eigenvalue weighted by atomic mass is 16.4. The number of nitrogens with two attached hydrogens (primary N) is 1. The Labute approximate surface area is 289 Å². The number of nitrogens with one attached hydrogen (secondary N) is 5. The maximum absolute atomic E-state index is 13.5. The highest BCUT2D eigenvalue weighted by Crippen LogP contribution is 2.20. The van der Waals surface area contributed by atoms with Gasteiger partial charge < -0.3 is 57.6 Å². The van der Waals surface area contributed by atoms with Crippen molar-refractivity contribution in [2.75, 3.05) is 19.8 Å². The number of carbonyl (C=O) groups is 7. The second-order valence-corrected chi connectivity index (χ2v) is 12.7. The van der Waals surface area contributed by atoms with Crippen LogP contribution in [-0.2, 0) is 40.0 Å². The van der Waals surface area contributed by atoms with E-state index in [4.69, 9.17) is 5.73 Å². The topological polar surface area (TPSA) is 290 Å². The van der Waals surface area contributed by atoms with E-state index in [0.29, 0.717) is 12.0 Å². The maximum atomic E-state index is 13.5. The molecule has 1 saturated heterocycles. The number of aliphatic hydroxyl groups excluding tert-OH is 2. The van der Waals surface area contributed by atoms with Crippen LogP contribution in [0.3, 0.4) is 0 Å². The lowest BCUT2D eigenvalue weighted by atomic mass is 10.0. The van der Waals surface area contributed by atoms with Crippen LogP contribution in [0.5, 0.6) is 5.75 Å². The number of phenolic OH excluding ortho intramolecular Hbond substituents is 1. The van der Waals surface area contributed by atoms with Crippen LogP contribution < -0.4 is 32.3 Å². The minimum Gasteiger partial charge on any atom is -0.508 e. The Bertz CT molecular complexity index is 1370. The molecule has 11 N–H and O–H groups in total. The number of benzene rings is 1. The Kier molecular flexibility index (Phi) is 16.0. The number of hydrogen-bond acceptors (Lipinski definition) is 11. The SMILES string of the molecule is CC(C)C[C@H](NC(=O)[C@H](C)N)C(=O)N[C@@H](CO)C(=O)N[C@@H](C)C(=O)N1CCC[C@H]1C(=O)N[C@@H](Cc1ccc(O)cc1)C(=O)N[C@@H](CO)C(=O)O. The summed E-state index contributed by atoms with van der Waals surface area (Å²) in [4.78, 5) is 90.8. The Morgan fingerprint density at radius 2 is 1.32 bits per heavy atom. The van der Waals surface area contributed by atoms with Gasteiger partial charge in [-0.3, -0.25) is 28.8 Å². The monoisotopic (exact) mass is 707 g/mol. The highest BCUT2D eigenvalue weighted by molar-refractivity contribution is 5.97. The summed E-state index contributed by atoms with van der Waals surface area (Å²) < 4.78 is 0. The van der Waals surface area contributed by atoms with E-state index in [1.165, 1.54) is 43.0 Å². The molecule has 0 radical (unpaired) electrons. The number of amides is 6. The number of phenols is 1. The van der Waals surface area contributed by atoms with Crippen molar-refractivity contribution >= 4 is 41.4 Å². The number of carbonyl (C=O) groups excluding carboxylic acids is 6. The quantitative estimate of drug-likeness (QED) is 0.0723. The summed E-state index contributed by atoms with van der Waals surface area (Å²) in [5.41, 5.74) is 6.10. The molecule has 1 heterocycles. The van der Waals surface area contributed by atoms with Gasteiger partial charge in [-0.15, -0.1) is 0 Å². The van der Waals surface area contributed by atoms with Gasteiger partial charge in [-0.25, -0.2) is 4.79 Å². The molecule has 1 aliphatic rings. The van der Waals surface area contributed by atoms with Crippen LogP contribution in [0.2, 0.25) is 0 Å². The molecule has 1 aromatic carbocycles. The van der Waals surface area contributed by atoms with Crippen molar-refractivity contribution < 1.29 is 54.0 Å². The molecule has 0 unspecified atom stereocenters. The summed E-state index contributed by atoms with van der Waals surface area (Å²) in [5.74, 6) is -6.08. The summed E-state index contributed by atoms with van der Waals surface area (Å²) in [5, 5.41) is 50.2. The molecular weight excluding hydrogens is 658 g/mol. The van der Waals surface area contributed by atoms with Crippen molar-refractivity contribution in [3.63, 3.8) is 0 Å². The zero-order chi connectivity index (χ0) is 37.7. The minimum absolute atomic E-state index is 0.0246. The molecule has 0 saturated carbocycles. The fraction of sp³-hybridized carbons (Fsp3) is 0.594. The second-order valence-electron chi connectivity index (χ2n) is 12.7. The van der Waals surface area contributed by atoms with Gasteiger partial charge in [0.15, 0.2) is 0 Å². The lowest BCUT2D eigenvalue weighted by Crippen LogP contribution is -2.60. The maximum Gasteiger partial charge on any atom is 0.328 e. The van der Waals surface area contributed by atoms with Crippen molar-refractivity contribution in [3.05, 3.63) is 29.8 Å². The summed E-state index contributed by atoms with van der Waals surface area (Å²) >= 11 is 0. The van der Waals surface area contributed by atoms with E-state index < -0.39 is 96.9 Å². The highest BCUT2D eigenvalue weighted by Gasteiger charge is 2.39. The first-order valence-electron chi connectivity index (χ1n) is 16.3. The van der Waals surface area contributed by atoms with Crippen LogP contribution in [-0.4, -0.2) is 129 Å². The molecule has 7 atom stereocenters. The zero-order valence-electron chi connectivity index (χ0n) is 28.5. The molecule has 6 amide bonds. The van der Waals surface area contributed by atoms with Crippen LogP contribution in [0.15, 0.2) is 24.3 Å². The van der Waals surface area contributed by atoms with Crippen molar-refractivity contribution in [2.24, 2.45) is 11.7 Å². The van der Waals surface area contributed by atoms with Crippen LogP contribution in [0.1, 0.15) is 52.5 Å². The Hall–Kier alpha value is -4.81. The standard InChI is InChI=1S/C32H49N7O11/c1-16(2)12-21(35-26(43)17(3)33)27(44)37-23(14-40)29(46)34-18(4)31(48)39-11-5-6-25(39)30(47)36-22(13-19-7-9-20(42)10-8-19)28(45)38-24(15-41)32(49)50/h7-10,16-18,21-25,40-42H,5-6,11-15,33H2,1-4H3,(H,34,46)(H,35,43)(H,36,47)(H,37,44)(H,38,45)(H,49,50)/t17-,18-,21-,22-,23-,24-,25-/m0/s1. The first kappa shape index (κ1) is 41.4. The molecule has 278 valence electrons. The number of likely N-dealkylation sites (tertiary alicyclic amines) is 1. The molecule has 50 heavy (non-hydrogen) atoms. The zero-order valence-corrected chi connectivity index (χ0v) is 28.5. The molecule has 18 nitrogen and oxygen atoms in total. The van der Waals surface area contributed by atoms with Gasteiger partial charge in [0, 0.05) is 13.0 Å². The molecule has 1 fully saturated rings. The van der Waals surface area contributed by atoms with E-state index in [-0.39, 0.29) is 37.5 Å². The van der Waals surface area contributed by atoms with Gasteiger partial charge in [0.05, 0.1) is 19.3 Å². The average molecular weight is 708 g/mol. The van der Waals surface area contributed by atoms with E-state index in [9.17, 15) is 54.0 Å². The Morgan fingerprint density at radius 1 is 0.780 bits per heavy atom. The average Bonchev–Trinajstić information content (AvgIpc) is 3.55. The number of carboxylic acid groups (broad SMARTS) is 1. The number of aliphatic carboxylic acids is 1. The largest absolute Gasteiger partial charge is 0.508 e. The van der Waals surface area contributed by atoms with Gasteiger partial charge in [0.2, 0.25) is 35.4 Å². The molecule has 2 rings (SSSR count). The fourth-order valence-electron chi connectivity index (χ4n) is 5.20. The fourth-order valence-corrected chi connectivity index (χ4v) is 5.20. The van der Waals surface area contributed by atoms with Crippen LogP contribution in [0, 0.1) is 5.92 Å². The third-order valence-corrected chi connectivity index (χ3v) is 7.94. The molecule has 0 aliphatic carbocycles. The van der Waals surface area contributed by atoms with E-state index in [2.05, 4.69) is 26.6 Å². The molecule has 0 bridgehead atoms. The first-order valence-corrected chi connectivity index (χ1v) is 16.3. The van der Waals surface area contributed by atoms with Gasteiger partial charge in [-0.1, -0.05) is 26.0 Å². The lowest BCUT2D eigenvalue weighted by Gasteiger charge is -2.29. The van der Waals surface area contributed by atoms with Crippen molar-refractivity contribution in [2.45, 2.75) is 95.7 Å². The summed E-state index contributed by atoms with van der Waals surface area (Å²) in [6, 6.07) is -2.94. The predicted molar refractivity (Wildman–Crippen MR) is 177 cm³/mol. The van der Waals surface area contributed by atoms with Gasteiger partial charge in [0.1, 0.15) is 42.0 Å². The van der Waals surface area contributed by atoms with Crippen molar-refractivity contribution in [1.29, 1.82) is 0 Å². The number of carboxylic acids is 1. The smallest absolute Gasteiger partial charge is 0.328 e. The first-order chi connectivity index (χ1) is 23.5. The number of aliphatic hydroxyl groups is 2. The van der Waals surface area contributed by atoms with Crippen LogP contribution in [0.4, 0.5) is 0 Å². The van der Waals surface area contributed by atoms with Gasteiger partial charge in [-0.2, -0.15) is 0 Å². The summed E-state index contributed by atoms with van der Waals surface area (Å²) in [6.07, 6.45) is 0.713.